The zero-order valence-corrected chi connectivity index (χ0v) is 14.1. The number of hydrogen-bond donors (Lipinski definition) is 2. The molecule has 1 heterocycles. The van der Waals surface area contributed by atoms with E-state index >= 15 is 0 Å². The fraction of sp³-hybridized carbons (Fsp3) is 0.500. The Kier molecular flexibility index (Phi) is 8.40. The van der Waals surface area contributed by atoms with Crippen molar-refractivity contribution in [2.45, 2.75) is 11.7 Å². The van der Waals surface area contributed by atoms with Crippen molar-refractivity contribution < 1.29 is 94.4 Å². The molecule has 2 amide bonds. The predicted molar refractivity (Wildman–Crippen MR) is 46.5 cm³/mol. The molecule has 0 radical (unpaired) electrons. The molecule has 1 rings (SSSR count). The molecule has 88 valence electrons. The molecule has 17 heavy (non-hydrogen) atoms. The summed E-state index contributed by atoms with van der Waals surface area (Å²) >= 11 is 0. The Morgan fingerprint density at radius 2 is 1.88 bits per heavy atom. The fourth-order valence-electron chi connectivity index (χ4n) is 1.19. The topological polar surface area (TPSA) is 129 Å². The van der Waals surface area contributed by atoms with Gasteiger partial charge in [-0.25, -0.2) is 0 Å². The van der Waals surface area contributed by atoms with Crippen LogP contribution in [0.4, 0.5) is 0 Å². The van der Waals surface area contributed by atoms with Gasteiger partial charge in [-0.15, -0.1) is 0 Å². The molecule has 1 unspecified atom stereocenters. The molecule has 11 heteroatoms. The van der Waals surface area contributed by atoms with Gasteiger partial charge in [0.1, 0.15) is 6.54 Å². The average molecular weight is 285 g/mol. The maximum atomic E-state index is 11.2. The zero-order chi connectivity index (χ0) is 11.8. The van der Waals surface area contributed by atoms with Crippen molar-refractivity contribution in [3.8, 4) is 0 Å². The van der Waals surface area contributed by atoms with Crippen LogP contribution in [0.25, 0.3) is 0 Å². The summed E-state index contributed by atoms with van der Waals surface area (Å²) in [6.45, 7) is -0.899. The minimum Gasteiger partial charge on any atom is -1.00 e. The molecule has 0 aliphatic carbocycles. The number of rotatable bonds is 3. The molecule has 0 aromatic heterocycles. The third kappa shape index (κ3) is 4.95. The maximum absolute atomic E-state index is 11.2. The monoisotopic (exact) mass is 285 g/mol. The van der Waals surface area contributed by atoms with Crippen LogP contribution < -0.4 is 59.1 Å². The number of carboxylic acid groups (broad SMARTS) is 1. The summed E-state index contributed by atoms with van der Waals surface area (Å²) in [4.78, 5) is 32.8. The molecule has 1 saturated heterocycles. The second-order valence-corrected chi connectivity index (χ2v) is 4.52. The molecule has 1 fully saturated rings. The van der Waals surface area contributed by atoms with Crippen molar-refractivity contribution in [2.75, 3.05) is 6.54 Å². The number of imide groups is 1. The molecule has 8 nitrogen and oxygen atoms in total. The van der Waals surface area contributed by atoms with E-state index in [4.69, 9.17) is 9.66 Å². The summed E-state index contributed by atoms with van der Waals surface area (Å²) in [5, 5.41) is 6.47. The quantitative estimate of drug-likeness (QED) is 0.299. The van der Waals surface area contributed by atoms with Crippen LogP contribution in [-0.2, 0) is 24.5 Å². The molecule has 0 aromatic carbocycles. The number of carbonyl (C=O) groups is 3. The molecule has 1 aliphatic heterocycles. The van der Waals surface area contributed by atoms with Crippen molar-refractivity contribution in [2.24, 2.45) is 0 Å². The van der Waals surface area contributed by atoms with Gasteiger partial charge in [-0.1, -0.05) is 0 Å². The number of likely N-dealkylation sites (tertiary alicyclic amines) is 1. The van der Waals surface area contributed by atoms with E-state index in [1.54, 1.807) is 0 Å². The molecule has 0 bridgehead atoms. The molecule has 0 aromatic rings. The molecule has 0 spiro atoms. The smallest absolute Gasteiger partial charge is 1.00 e. The van der Waals surface area contributed by atoms with E-state index in [-0.39, 0.29) is 62.0 Å². The molecular weight excluding hydrogens is 276 g/mol. The fourth-order valence-corrected chi connectivity index (χ4v) is 1.92. The van der Waals surface area contributed by atoms with Crippen LogP contribution in [0.5, 0.6) is 0 Å². The van der Waals surface area contributed by atoms with Gasteiger partial charge in [0.25, 0.3) is 16.0 Å². The molecule has 0 saturated carbocycles. The van der Waals surface area contributed by atoms with Crippen LogP contribution in [0.3, 0.4) is 0 Å². The van der Waals surface area contributed by atoms with Gasteiger partial charge in [0.05, 0.1) is 6.42 Å². The third-order valence-corrected chi connectivity index (χ3v) is 2.94. The molecule has 2 N–H and O–H groups in total. The minimum atomic E-state index is -4.66. The van der Waals surface area contributed by atoms with E-state index in [1.165, 1.54) is 0 Å². The van der Waals surface area contributed by atoms with Crippen LogP contribution in [0.1, 0.15) is 9.27 Å². The van der Waals surface area contributed by atoms with Crippen molar-refractivity contribution >= 4 is 27.9 Å². The van der Waals surface area contributed by atoms with Gasteiger partial charge >= 0.3 is 65.1 Å². The second-order valence-electron chi connectivity index (χ2n) is 2.92. The average Bonchev–Trinajstić information content (AvgIpc) is 2.30. The Balaban J connectivity index is -0.000000281. The van der Waals surface area contributed by atoms with Crippen molar-refractivity contribution in [3.05, 3.63) is 0 Å². The Morgan fingerprint density at radius 3 is 2.18 bits per heavy atom. The number of carbonyl (C=O) groups excluding carboxylic acids is 2. The van der Waals surface area contributed by atoms with Gasteiger partial charge in [-0.3, -0.25) is 23.8 Å². The van der Waals surface area contributed by atoms with Crippen molar-refractivity contribution in [1.29, 1.82) is 0 Å². The Morgan fingerprint density at radius 1 is 1.41 bits per heavy atom. The van der Waals surface area contributed by atoms with Crippen LogP contribution >= 0.6 is 0 Å². The van der Waals surface area contributed by atoms with Gasteiger partial charge in [0.15, 0.2) is 5.25 Å². The largest absolute Gasteiger partial charge is 1.00 e. The van der Waals surface area contributed by atoms with E-state index in [0.717, 1.165) is 0 Å². The summed E-state index contributed by atoms with van der Waals surface area (Å²) in [6, 6.07) is 0. The first-order valence-electron chi connectivity index (χ1n) is 3.76. The number of carboxylic acids is 1. The van der Waals surface area contributed by atoms with Crippen LogP contribution in [0.2, 0.25) is 0 Å². The number of hydrogen-bond acceptors (Lipinski definition) is 5. The maximum Gasteiger partial charge on any atom is 1.00 e. The predicted octanol–water partition coefficient (Wildman–Crippen LogP) is -7.68. The van der Waals surface area contributed by atoms with Gasteiger partial charge in [-0.2, -0.15) is 8.42 Å². The van der Waals surface area contributed by atoms with Gasteiger partial charge in [-0.05, 0) is 0 Å². The summed E-state index contributed by atoms with van der Waals surface area (Å²) < 4.78 is 29.8. The first-order valence-corrected chi connectivity index (χ1v) is 5.26. The van der Waals surface area contributed by atoms with Crippen molar-refractivity contribution in [1.82, 2.24) is 4.90 Å². The SMILES string of the molecule is O=C(O)CN1C(=O)CC(S(=O)(=O)O)C1=O.[H-].[H-].[Na+].[Na+]. The summed E-state index contributed by atoms with van der Waals surface area (Å²) in [5.41, 5.74) is 0. The Hall–Kier alpha value is 0.520. The standard InChI is InChI=1S/C6H7NO7S.2Na.2H/c8-4-1-3(15(12,13)14)6(11)7(4)2-5(9)10;;;;/h3H,1-2H2,(H,9,10)(H,12,13,14);;;;/q;2*+1;2*-1. The zero-order valence-electron chi connectivity index (χ0n) is 11.3. The van der Waals surface area contributed by atoms with Crippen molar-refractivity contribution in [3.63, 3.8) is 0 Å². The van der Waals surface area contributed by atoms with Gasteiger partial charge in [0, 0.05) is 0 Å². The molecule has 1 aliphatic rings. The third-order valence-electron chi connectivity index (χ3n) is 1.86. The van der Waals surface area contributed by atoms with E-state index in [1.807, 2.05) is 0 Å². The van der Waals surface area contributed by atoms with E-state index in [2.05, 4.69) is 0 Å². The van der Waals surface area contributed by atoms with E-state index in [0.29, 0.717) is 4.90 Å². The Bertz CT molecular complexity index is 443. The molecular formula is C6H9NNa2O7S. The van der Waals surface area contributed by atoms with E-state index in [9.17, 15) is 22.8 Å². The normalized spacial score (nSPS) is 19.6. The first kappa shape index (κ1) is 19.9. The summed E-state index contributed by atoms with van der Waals surface area (Å²) in [5.74, 6) is -3.57. The van der Waals surface area contributed by atoms with Crippen LogP contribution in [-0.4, -0.2) is 52.6 Å². The number of nitrogens with zero attached hydrogens (tertiary/aromatic N) is 1. The van der Waals surface area contributed by atoms with Crippen LogP contribution in [0, 0.1) is 0 Å². The number of amides is 2. The first-order chi connectivity index (χ1) is 6.73. The minimum absolute atomic E-state index is 0. The van der Waals surface area contributed by atoms with Gasteiger partial charge < -0.3 is 7.96 Å². The van der Waals surface area contributed by atoms with Crippen LogP contribution in [0.15, 0.2) is 0 Å². The summed E-state index contributed by atoms with van der Waals surface area (Å²) in [6.07, 6.45) is -0.717. The van der Waals surface area contributed by atoms with E-state index < -0.39 is 46.1 Å². The number of aliphatic carboxylic acids is 1. The molecule has 1 atom stereocenters. The second kappa shape index (κ2) is 7.19. The van der Waals surface area contributed by atoms with Gasteiger partial charge in [0.2, 0.25) is 5.91 Å². The Labute approximate surface area is 144 Å². The summed E-state index contributed by atoms with van der Waals surface area (Å²) in [7, 11) is -4.66.